The van der Waals surface area contributed by atoms with Crippen LogP contribution in [-0.2, 0) is 19.5 Å². The van der Waals surface area contributed by atoms with Gasteiger partial charge in [0.05, 0.1) is 0 Å². The Balaban J connectivity index is -0.0000000267. The van der Waals surface area contributed by atoms with E-state index in [0.29, 0.717) is 0 Å². The molecule has 0 saturated carbocycles. The SMILES string of the molecule is CCSCC.[CH3-].[CH3-].[Zn+2]. The van der Waals surface area contributed by atoms with Gasteiger partial charge in [0.25, 0.3) is 0 Å². The van der Waals surface area contributed by atoms with Crippen LogP contribution < -0.4 is 0 Å². The first kappa shape index (κ1) is 23.1. The Morgan fingerprint density at radius 1 is 1.00 bits per heavy atom. The molecule has 0 aliphatic heterocycles. The molecule has 0 radical (unpaired) electrons. The van der Waals surface area contributed by atoms with E-state index in [1.807, 2.05) is 11.8 Å². The maximum Gasteiger partial charge on any atom is 2.00 e. The molecular formula is C6H16SZn. The summed E-state index contributed by atoms with van der Waals surface area (Å²) in [7, 11) is 0. The first-order chi connectivity index (χ1) is 2.41. The molecule has 48 valence electrons. The van der Waals surface area contributed by atoms with E-state index in [1.54, 1.807) is 0 Å². The van der Waals surface area contributed by atoms with Crippen molar-refractivity contribution in [1.29, 1.82) is 0 Å². The van der Waals surface area contributed by atoms with Gasteiger partial charge < -0.3 is 14.9 Å². The minimum absolute atomic E-state index is 0. The molecule has 0 nitrogen and oxygen atoms in total. The van der Waals surface area contributed by atoms with E-state index in [9.17, 15) is 0 Å². The van der Waals surface area contributed by atoms with Gasteiger partial charge in [-0.2, -0.15) is 11.8 Å². The van der Waals surface area contributed by atoms with E-state index in [1.165, 1.54) is 11.5 Å². The van der Waals surface area contributed by atoms with Gasteiger partial charge in [-0.25, -0.2) is 0 Å². The fraction of sp³-hybridized carbons (Fsp3) is 0.667. The van der Waals surface area contributed by atoms with E-state index in [0.717, 1.165) is 0 Å². The minimum atomic E-state index is 0. The molecule has 0 aromatic carbocycles. The molecule has 0 saturated heterocycles. The van der Waals surface area contributed by atoms with E-state index in [4.69, 9.17) is 0 Å². The Labute approximate surface area is 71.6 Å². The molecule has 0 aliphatic carbocycles. The second-order valence-corrected chi connectivity index (χ2v) is 2.34. The van der Waals surface area contributed by atoms with Crippen molar-refractivity contribution >= 4 is 11.8 Å². The summed E-state index contributed by atoms with van der Waals surface area (Å²) in [5.74, 6) is 2.52. The molecule has 0 unspecified atom stereocenters. The van der Waals surface area contributed by atoms with Gasteiger partial charge in [0.15, 0.2) is 0 Å². The van der Waals surface area contributed by atoms with E-state index < -0.39 is 0 Å². The molecule has 0 atom stereocenters. The van der Waals surface area contributed by atoms with Crippen molar-refractivity contribution in [3.8, 4) is 0 Å². The number of thioether (sulfide) groups is 1. The molecule has 2 heteroatoms. The van der Waals surface area contributed by atoms with Gasteiger partial charge in [0.1, 0.15) is 0 Å². The molecule has 0 heterocycles. The summed E-state index contributed by atoms with van der Waals surface area (Å²) in [6, 6.07) is 0. The quantitative estimate of drug-likeness (QED) is 0.471. The van der Waals surface area contributed by atoms with Crippen LogP contribution in [0.15, 0.2) is 0 Å². The molecule has 0 spiro atoms. The van der Waals surface area contributed by atoms with Crippen molar-refractivity contribution in [1.82, 2.24) is 0 Å². The number of hydrogen-bond donors (Lipinski definition) is 0. The Hall–Kier alpha value is 0.973. The zero-order valence-corrected chi connectivity index (χ0v) is 10.3. The molecule has 0 rings (SSSR count). The molecule has 8 heavy (non-hydrogen) atoms. The Morgan fingerprint density at radius 2 is 1.25 bits per heavy atom. The molecule has 0 aromatic rings. The van der Waals surface area contributed by atoms with Crippen molar-refractivity contribution < 1.29 is 19.5 Å². The van der Waals surface area contributed by atoms with E-state index >= 15 is 0 Å². The first-order valence-electron chi connectivity index (χ1n) is 1.99. The molecule has 0 bridgehead atoms. The van der Waals surface area contributed by atoms with E-state index in [-0.39, 0.29) is 34.3 Å². The monoisotopic (exact) mass is 184 g/mol. The average Bonchev–Trinajstić information content (AvgIpc) is 1.41. The van der Waals surface area contributed by atoms with Gasteiger partial charge in [0, 0.05) is 0 Å². The van der Waals surface area contributed by atoms with Crippen molar-refractivity contribution in [3.05, 3.63) is 14.9 Å². The van der Waals surface area contributed by atoms with Crippen LogP contribution in [-0.4, -0.2) is 11.5 Å². The summed E-state index contributed by atoms with van der Waals surface area (Å²) >= 11 is 1.96. The topological polar surface area (TPSA) is 0 Å². The maximum absolute atomic E-state index is 2.17. The largest absolute Gasteiger partial charge is 2.00 e. The average molecular weight is 186 g/mol. The zero-order chi connectivity index (χ0) is 4.12. The predicted octanol–water partition coefficient (Wildman–Crippen LogP) is 2.66. The van der Waals surface area contributed by atoms with Crippen molar-refractivity contribution in [2.45, 2.75) is 13.8 Å². The summed E-state index contributed by atoms with van der Waals surface area (Å²) < 4.78 is 0. The van der Waals surface area contributed by atoms with Gasteiger partial charge >= 0.3 is 19.5 Å². The Kier molecular flexibility index (Phi) is 70.8. The van der Waals surface area contributed by atoms with Crippen LogP contribution in [0.3, 0.4) is 0 Å². The predicted molar refractivity (Wildman–Crippen MR) is 41.5 cm³/mol. The third-order valence-electron chi connectivity index (χ3n) is 0.408. The Bertz CT molecular complexity index is 16.0. The minimum Gasteiger partial charge on any atom is -0.358 e. The third kappa shape index (κ3) is 28.1. The van der Waals surface area contributed by atoms with Crippen LogP contribution in [0.25, 0.3) is 0 Å². The molecular weight excluding hydrogens is 170 g/mol. The summed E-state index contributed by atoms with van der Waals surface area (Å²) in [5, 5.41) is 0. The summed E-state index contributed by atoms with van der Waals surface area (Å²) in [6.07, 6.45) is 0. The molecule has 0 aromatic heterocycles. The van der Waals surface area contributed by atoms with Crippen LogP contribution in [0.4, 0.5) is 0 Å². The van der Waals surface area contributed by atoms with Crippen LogP contribution in [0.5, 0.6) is 0 Å². The van der Waals surface area contributed by atoms with Gasteiger partial charge in [-0.1, -0.05) is 13.8 Å². The van der Waals surface area contributed by atoms with Gasteiger partial charge in [-0.05, 0) is 11.5 Å². The summed E-state index contributed by atoms with van der Waals surface area (Å²) in [6.45, 7) is 4.35. The smallest absolute Gasteiger partial charge is 0.358 e. The van der Waals surface area contributed by atoms with Gasteiger partial charge in [-0.15, -0.1) is 0 Å². The zero-order valence-electron chi connectivity index (χ0n) is 6.53. The number of hydrogen-bond acceptors (Lipinski definition) is 1. The summed E-state index contributed by atoms with van der Waals surface area (Å²) in [4.78, 5) is 0. The van der Waals surface area contributed by atoms with Crippen molar-refractivity contribution in [2.24, 2.45) is 0 Å². The first-order valence-corrected chi connectivity index (χ1v) is 3.15. The Morgan fingerprint density at radius 3 is 1.25 bits per heavy atom. The van der Waals surface area contributed by atoms with Crippen molar-refractivity contribution in [3.63, 3.8) is 0 Å². The third-order valence-corrected chi connectivity index (χ3v) is 1.22. The van der Waals surface area contributed by atoms with E-state index in [2.05, 4.69) is 13.8 Å². The second kappa shape index (κ2) is 24.6. The van der Waals surface area contributed by atoms with Gasteiger partial charge in [0.2, 0.25) is 0 Å². The van der Waals surface area contributed by atoms with Crippen LogP contribution in [0, 0.1) is 14.9 Å². The van der Waals surface area contributed by atoms with Gasteiger partial charge in [-0.3, -0.25) is 0 Å². The van der Waals surface area contributed by atoms with Crippen molar-refractivity contribution in [2.75, 3.05) is 11.5 Å². The fourth-order valence-electron chi connectivity index (χ4n) is 0.204. The maximum atomic E-state index is 2.17. The molecule has 0 fully saturated rings. The summed E-state index contributed by atoms with van der Waals surface area (Å²) in [5.41, 5.74) is 0. The van der Waals surface area contributed by atoms with Crippen LogP contribution in [0.1, 0.15) is 13.8 Å². The number of rotatable bonds is 2. The van der Waals surface area contributed by atoms with Crippen LogP contribution >= 0.6 is 11.8 Å². The molecule has 0 N–H and O–H groups in total. The standard InChI is InChI=1S/C4H10S.2CH3.Zn/c1-3-5-4-2;;;/h3-4H2,1-2H3;2*1H3;/q;2*-1;+2. The normalized spacial score (nSPS) is 5.25. The van der Waals surface area contributed by atoms with Crippen LogP contribution in [0.2, 0.25) is 0 Å². The molecule has 0 aliphatic rings. The fourth-order valence-corrected chi connectivity index (χ4v) is 0.612. The molecule has 0 amide bonds. The second-order valence-electron chi connectivity index (χ2n) is 0.781.